The molecule has 1 unspecified atom stereocenters. The second-order valence-corrected chi connectivity index (χ2v) is 3.95. The molecule has 1 aliphatic heterocycles. The number of allylic oxidation sites excluding steroid dienone is 1. The lowest BCUT2D eigenvalue weighted by atomic mass is 9.87. The zero-order valence-corrected chi connectivity index (χ0v) is 8.37. The van der Waals surface area contributed by atoms with E-state index in [2.05, 4.69) is 18.1 Å². The van der Waals surface area contributed by atoms with Crippen molar-refractivity contribution in [3.8, 4) is 12.3 Å². The SMILES string of the molecule is C#CCCC1C=CCC2(C1)OCCO2. The Balaban J connectivity index is 1.93. The van der Waals surface area contributed by atoms with Crippen LogP contribution in [0.2, 0.25) is 0 Å². The maximum absolute atomic E-state index is 5.67. The molecule has 2 nitrogen and oxygen atoms in total. The number of ether oxygens (including phenoxy) is 2. The molecule has 0 N–H and O–H groups in total. The van der Waals surface area contributed by atoms with E-state index in [9.17, 15) is 0 Å². The van der Waals surface area contributed by atoms with E-state index in [1.165, 1.54) is 0 Å². The molecule has 2 heteroatoms. The van der Waals surface area contributed by atoms with Gasteiger partial charge in [-0.2, -0.15) is 0 Å². The van der Waals surface area contributed by atoms with E-state index in [4.69, 9.17) is 15.9 Å². The molecule has 0 radical (unpaired) electrons. The maximum Gasteiger partial charge on any atom is 0.172 e. The Bertz CT molecular complexity index is 256. The van der Waals surface area contributed by atoms with E-state index in [1.54, 1.807) is 0 Å². The second kappa shape index (κ2) is 4.16. The molecule has 0 aromatic rings. The van der Waals surface area contributed by atoms with Gasteiger partial charge in [0.2, 0.25) is 0 Å². The van der Waals surface area contributed by atoms with Crippen LogP contribution in [-0.2, 0) is 9.47 Å². The molecule has 1 aliphatic carbocycles. The molecule has 1 atom stereocenters. The molecule has 0 amide bonds. The maximum atomic E-state index is 5.67. The van der Waals surface area contributed by atoms with Crippen molar-refractivity contribution in [1.29, 1.82) is 0 Å². The van der Waals surface area contributed by atoms with Crippen molar-refractivity contribution in [2.45, 2.75) is 31.5 Å². The van der Waals surface area contributed by atoms with E-state index < -0.39 is 0 Å². The van der Waals surface area contributed by atoms with Crippen molar-refractivity contribution >= 4 is 0 Å². The number of hydrogen-bond donors (Lipinski definition) is 0. The fourth-order valence-corrected chi connectivity index (χ4v) is 2.19. The molecule has 1 spiro atoms. The lowest BCUT2D eigenvalue weighted by Gasteiger charge is -2.32. The van der Waals surface area contributed by atoms with Gasteiger partial charge in [-0.05, 0) is 12.3 Å². The van der Waals surface area contributed by atoms with Crippen molar-refractivity contribution in [2.75, 3.05) is 13.2 Å². The van der Waals surface area contributed by atoms with E-state index in [-0.39, 0.29) is 5.79 Å². The van der Waals surface area contributed by atoms with Crippen LogP contribution in [0.5, 0.6) is 0 Å². The van der Waals surface area contributed by atoms with Crippen LogP contribution in [0.25, 0.3) is 0 Å². The molecule has 1 saturated heterocycles. The summed E-state index contributed by atoms with van der Waals surface area (Å²) >= 11 is 0. The smallest absolute Gasteiger partial charge is 0.172 e. The third-order valence-electron chi connectivity index (χ3n) is 2.88. The highest BCUT2D eigenvalue weighted by molar-refractivity contribution is 5.02. The summed E-state index contributed by atoms with van der Waals surface area (Å²) in [5, 5.41) is 0. The Morgan fingerprint density at radius 2 is 2.21 bits per heavy atom. The molecule has 2 rings (SSSR count). The molecule has 0 bridgehead atoms. The van der Waals surface area contributed by atoms with Crippen LogP contribution in [0.4, 0.5) is 0 Å². The lowest BCUT2D eigenvalue weighted by Crippen LogP contribution is -2.34. The van der Waals surface area contributed by atoms with Gasteiger partial charge in [-0.25, -0.2) is 0 Å². The van der Waals surface area contributed by atoms with Gasteiger partial charge in [-0.15, -0.1) is 12.3 Å². The first-order valence-corrected chi connectivity index (χ1v) is 5.23. The summed E-state index contributed by atoms with van der Waals surface area (Å²) in [4.78, 5) is 0. The van der Waals surface area contributed by atoms with Gasteiger partial charge < -0.3 is 9.47 Å². The highest BCUT2D eigenvalue weighted by atomic mass is 16.7. The molecule has 14 heavy (non-hydrogen) atoms. The Morgan fingerprint density at radius 1 is 1.43 bits per heavy atom. The summed E-state index contributed by atoms with van der Waals surface area (Å²) in [6.45, 7) is 1.46. The minimum Gasteiger partial charge on any atom is -0.347 e. The normalized spacial score (nSPS) is 29.2. The quantitative estimate of drug-likeness (QED) is 0.493. The van der Waals surface area contributed by atoms with Crippen molar-refractivity contribution in [3.63, 3.8) is 0 Å². The molecule has 0 aromatic carbocycles. The van der Waals surface area contributed by atoms with Gasteiger partial charge in [0.05, 0.1) is 13.2 Å². The van der Waals surface area contributed by atoms with E-state index >= 15 is 0 Å². The predicted octanol–water partition coefficient (Wildman–Crippen LogP) is 2.11. The Labute approximate surface area is 85.3 Å². The average molecular weight is 192 g/mol. The van der Waals surface area contributed by atoms with Gasteiger partial charge in [0, 0.05) is 19.3 Å². The summed E-state index contributed by atoms with van der Waals surface area (Å²) in [6.07, 6.45) is 13.4. The number of terminal acetylenes is 1. The van der Waals surface area contributed by atoms with Crippen LogP contribution in [0.15, 0.2) is 12.2 Å². The molecule has 76 valence electrons. The molecular formula is C12H16O2. The van der Waals surface area contributed by atoms with Crippen molar-refractivity contribution in [2.24, 2.45) is 5.92 Å². The van der Waals surface area contributed by atoms with Crippen molar-refractivity contribution in [1.82, 2.24) is 0 Å². The summed E-state index contributed by atoms with van der Waals surface area (Å²) in [5.41, 5.74) is 0. The predicted molar refractivity (Wildman–Crippen MR) is 54.6 cm³/mol. The molecular weight excluding hydrogens is 176 g/mol. The minimum absolute atomic E-state index is 0.311. The first-order valence-electron chi connectivity index (χ1n) is 5.23. The standard InChI is InChI=1S/C12H16O2/c1-2-3-5-11-6-4-7-12(10-11)13-8-9-14-12/h1,4,6,11H,3,5,7-10H2. The zero-order chi connectivity index (χ0) is 9.86. The van der Waals surface area contributed by atoms with Crippen LogP contribution in [0, 0.1) is 18.3 Å². The topological polar surface area (TPSA) is 18.5 Å². The van der Waals surface area contributed by atoms with Crippen LogP contribution >= 0.6 is 0 Å². The fourth-order valence-electron chi connectivity index (χ4n) is 2.19. The Hall–Kier alpha value is -0.780. The van der Waals surface area contributed by atoms with Gasteiger partial charge >= 0.3 is 0 Å². The van der Waals surface area contributed by atoms with Gasteiger partial charge in [0.25, 0.3) is 0 Å². The second-order valence-electron chi connectivity index (χ2n) is 3.95. The van der Waals surface area contributed by atoms with Crippen molar-refractivity contribution in [3.05, 3.63) is 12.2 Å². The summed E-state index contributed by atoms with van der Waals surface area (Å²) in [6, 6.07) is 0. The third-order valence-corrected chi connectivity index (χ3v) is 2.88. The van der Waals surface area contributed by atoms with E-state index in [1.807, 2.05) is 0 Å². The van der Waals surface area contributed by atoms with Gasteiger partial charge in [-0.1, -0.05) is 12.2 Å². The molecule has 1 heterocycles. The zero-order valence-electron chi connectivity index (χ0n) is 8.37. The first-order chi connectivity index (χ1) is 6.85. The molecule has 0 saturated carbocycles. The monoisotopic (exact) mass is 192 g/mol. The van der Waals surface area contributed by atoms with Gasteiger partial charge in [-0.3, -0.25) is 0 Å². The largest absolute Gasteiger partial charge is 0.347 e. The number of hydrogen-bond acceptors (Lipinski definition) is 2. The average Bonchev–Trinajstić information content (AvgIpc) is 2.63. The fraction of sp³-hybridized carbons (Fsp3) is 0.667. The van der Waals surface area contributed by atoms with Crippen LogP contribution in [0.1, 0.15) is 25.7 Å². The molecule has 2 aliphatic rings. The first kappa shape index (κ1) is 9.76. The van der Waals surface area contributed by atoms with E-state index in [0.717, 1.165) is 38.9 Å². The van der Waals surface area contributed by atoms with Gasteiger partial charge in [0.1, 0.15) is 0 Å². The summed E-state index contributed by atoms with van der Waals surface area (Å²) < 4.78 is 11.3. The van der Waals surface area contributed by atoms with Gasteiger partial charge in [0.15, 0.2) is 5.79 Å². The summed E-state index contributed by atoms with van der Waals surface area (Å²) in [5.74, 6) is 2.89. The lowest BCUT2D eigenvalue weighted by molar-refractivity contribution is -0.168. The molecule has 0 aromatic heterocycles. The number of rotatable bonds is 2. The van der Waals surface area contributed by atoms with Crippen molar-refractivity contribution < 1.29 is 9.47 Å². The van der Waals surface area contributed by atoms with Crippen LogP contribution < -0.4 is 0 Å². The van der Waals surface area contributed by atoms with E-state index in [0.29, 0.717) is 5.92 Å². The molecule has 1 fully saturated rings. The Kier molecular flexibility index (Phi) is 2.90. The van der Waals surface area contributed by atoms with Crippen LogP contribution in [0.3, 0.4) is 0 Å². The highest BCUT2D eigenvalue weighted by Gasteiger charge is 2.38. The highest BCUT2D eigenvalue weighted by Crippen LogP contribution is 2.36. The van der Waals surface area contributed by atoms with Crippen LogP contribution in [-0.4, -0.2) is 19.0 Å². The minimum atomic E-state index is -0.311. The third kappa shape index (κ3) is 2.00. The summed E-state index contributed by atoms with van der Waals surface area (Å²) in [7, 11) is 0. The Morgan fingerprint density at radius 3 is 2.93 bits per heavy atom.